The first-order chi connectivity index (χ1) is 16.5. The van der Waals surface area contributed by atoms with Crippen molar-refractivity contribution in [2.24, 2.45) is 11.8 Å². The number of halogens is 2. The Kier molecular flexibility index (Phi) is 6.11. The smallest absolute Gasteiger partial charge is 0.266 e. The van der Waals surface area contributed by atoms with Gasteiger partial charge in [-0.15, -0.1) is 11.3 Å². The van der Waals surface area contributed by atoms with E-state index >= 15 is 0 Å². The predicted molar refractivity (Wildman–Crippen MR) is 149 cm³/mol. The molecule has 3 fully saturated rings. The summed E-state index contributed by atoms with van der Waals surface area (Å²) in [7, 11) is 0. The molecule has 1 aromatic heterocycles. The van der Waals surface area contributed by atoms with Crippen LogP contribution < -0.4 is 0 Å². The van der Waals surface area contributed by atoms with Crippen LogP contribution in [0.15, 0.2) is 59.5 Å². The van der Waals surface area contributed by atoms with E-state index in [-0.39, 0.29) is 11.9 Å². The number of hydrogen-bond donors (Lipinski definition) is 0. The van der Waals surface area contributed by atoms with E-state index in [1.165, 1.54) is 31.0 Å². The quantitative estimate of drug-likeness (QED) is 0.243. The van der Waals surface area contributed by atoms with E-state index in [1.807, 2.05) is 59.5 Å². The number of thioether (sulfide) groups is 1. The summed E-state index contributed by atoms with van der Waals surface area (Å²) in [5.74, 6) is 1.44. The van der Waals surface area contributed by atoms with E-state index in [0.717, 1.165) is 38.8 Å². The fourth-order valence-electron chi connectivity index (χ4n) is 5.54. The van der Waals surface area contributed by atoms with Crippen molar-refractivity contribution < 1.29 is 4.79 Å². The maximum absolute atomic E-state index is 13.5. The van der Waals surface area contributed by atoms with Gasteiger partial charge in [-0.3, -0.25) is 9.69 Å². The van der Waals surface area contributed by atoms with Gasteiger partial charge in [0.05, 0.1) is 4.91 Å². The summed E-state index contributed by atoms with van der Waals surface area (Å²) >= 11 is 21.1. The van der Waals surface area contributed by atoms with Crippen LogP contribution in [0.4, 0.5) is 0 Å². The molecule has 2 heterocycles. The van der Waals surface area contributed by atoms with Crippen LogP contribution in [0.2, 0.25) is 10.0 Å². The lowest BCUT2D eigenvalue weighted by molar-refractivity contribution is -0.124. The van der Waals surface area contributed by atoms with Crippen molar-refractivity contribution in [3.8, 4) is 21.6 Å². The molecule has 0 radical (unpaired) electrons. The number of carbonyl (C=O) groups is 1. The van der Waals surface area contributed by atoms with Crippen molar-refractivity contribution in [3.05, 3.63) is 74.4 Å². The molecular weight excluding hydrogens is 521 g/mol. The molecule has 172 valence electrons. The van der Waals surface area contributed by atoms with Crippen molar-refractivity contribution in [2.75, 3.05) is 0 Å². The molecule has 1 aliphatic heterocycles. The number of rotatable bonds is 4. The van der Waals surface area contributed by atoms with Gasteiger partial charge in [0.1, 0.15) is 4.32 Å². The van der Waals surface area contributed by atoms with Crippen LogP contribution in [-0.2, 0) is 4.79 Å². The summed E-state index contributed by atoms with van der Waals surface area (Å²) in [6, 6.07) is 18.2. The third-order valence-electron chi connectivity index (χ3n) is 7.16. The van der Waals surface area contributed by atoms with Crippen molar-refractivity contribution >= 4 is 74.8 Å². The minimum absolute atomic E-state index is 0.0658. The van der Waals surface area contributed by atoms with Crippen LogP contribution in [0.5, 0.6) is 0 Å². The zero-order chi connectivity index (χ0) is 23.4. The SMILES string of the molecule is O=C1/C(=C/c2sc(-c3ccc(Cl)cc3)cc2-c2ccc(Cl)cc2)SC(=S)N1C1CC2CCC1C2. The van der Waals surface area contributed by atoms with Gasteiger partial charge in [0.15, 0.2) is 0 Å². The van der Waals surface area contributed by atoms with Crippen molar-refractivity contribution in [3.63, 3.8) is 0 Å². The number of benzene rings is 2. The molecule has 0 spiro atoms. The van der Waals surface area contributed by atoms with Gasteiger partial charge in [-0.05, 0) is 78.6 Å². The number of hydrogen-bond acceptors (Lipinski definition) is 4. The molecule has 3 aliphatic rings. The monoisotopic (exact) mass is 541 g/mol. The molecule has 34 heavy (non-hydrogen) atoms. The fraction of sp³-hybridized carbons (Fsp3) is 0.259. The van der Waals surface area contributed by atoms with Gasteiger partial charge in [-0.1, -0.05) is 77.9 Å². The molecule has 2 saturated carbocycles. The Morgan fingerprint density at radius 3 is 2.24 bits per heavy atom. The number of carbonyl (C=O) groups excluding carboxylic acids is 1. The van der Waals surface area contributed by atoms with E-state index in [2.05, 4.69) is 6.07 Å². The Bertz CT molecular complexity index is 1310. The molecular formula is C27H21Cl2NOS3. The maximum Gasteiger partial charge on any atom is 0.266 e. The van der Waals surface area contributed by atoms with Crippen molar-refractivity contribution in [2.45, 2.75) is 31.7 Å². The summed E-state index contributed by atoms with van der Waals surface area (Å²) in [6.07, 6.45) is 6.90. The predicted octanol–water partition coefficient (Wildman–Crippen LogP) is 8.78. The van der Waals surface area contributed by atoms with Crippen LogP contribution in [0, 0.1) is 11.8 Å². The van der Waals surface area contributed by atoms with Gasteiger partial charge in [0, 0.05) is 31.4 Å². The summed E-state index contributed by atoms with van der Waals surface area (Å²) in [5.41, 5.74) is 3.24. The number of nitrogens with zero attached hydrogens (tertiary/aromatic N) is 1. The second kappa shape index (κ2) is 9.11. The average molecular weight is 543 g/mol. The number of fused-ring (bicyclic) bond motifs is 2. The highest BCUT2D eigenvalue weighted by molar-refractivity contribution is 8.26. The molecule has 7 heteroatoms. The van der Waals surface area contributed by atoms with Crippen LogP contribution in [-0.4, -0.2) is 21.2 Å². The van der Waals surface area contributed by atoms with E-state index in [9.17, 15) is 4.79 Å². The molecule has 2 nitrogen and oxygen atoms in total. The van der Waals surface area contributed by atoms with E-state index in [1.54, 1.807) is 11.3 Å². The van der Waals surface area contributed by atoms with E-state index in [0.29, 0.717) is 25.2 Å². The third kappa shape index (κ3) is 4.16. The molecule has 3 unspecified atom stereocenters. The molecule has 3 atom stereocenters. The lowest BCUT2D eigenvalue weighted by atomic mass is 9.94. The maximum atomic E-state index is 13.5. The number of thiophene rings is 1. The molecule has 2 bridgehead atoms. The standard InChI is InChI=1S/C27H21Cl2NOS3/c28-19-7-3-16(4-8-19)21-13-23(17-5-9-20(29)10-6-17)33-24(21)14-25-26(31)30(27(32)34-25)22-12-15-1-2-18(22)11-15/h3-10,13-15,18,22H,1-2,11-12H2/b25-14-. The Balaban J connectivity index is 1.38. The van der Waals surface area contributed by atoms with Gasteiger partial charge in [-0.25, -0.2) is 0 Å². The van der Waals surface area contributed by atoms with Gasteiger partial charge >= 0.3 is 0 Å². The van der Waals surface area contributed by atoms with Gasteiger partial charge < -0.3 is 0 Å². The van der Waals surface area contributed by atoms with Crippen LogP contribution in [0.1, 0.15) is 30.6 Å². The lowest BCUT2D eigenvalue weighted by Crippen LogP contribution is -2.41. The first-order valence-electron chi connectivity index (χ1n) is 11.4. The normalized spacial score (nSPS) is 25.2. The molecule has 2 aliphatic carbocycles. The van der Waals surface area contributed by atoms with Crippen LogP contribution in [0.25, 0.3) is 27.6 Å². The minimum Gasteiger partial charge on any atom is -0.289 e. The van der Waals surface area contributed by atoms with Gasteiger partial charge in [0.2, 0.25) is 0 Å². The summed E-state index contributed by atoms with van der Waals surface area (Å²) < 4.78 is 0.705. The highest BCUT2D eigenvalue weighted by atomic mass is 35.5. The van der Waals surface area contributed by atoms with Crippen molar-refractivity contribution in [1.29, 1.82) is 0 Å². The first kappa shape index (κ1) is 22.8. The molecule has 3 aromatic rings. The van der Waals surface area contributed by atoms with Gasteiger partial charge in [0.25, 0.3) is 5.91 Å². The van der Waals surface area contributed by atoms with Crippen LogP contribution >= 0.6 is 58.5 Å². The summed E-state index contributed by atoms with van der Waals surface area (Å²) in [5, 5.41) is 1.41. The zero-order valence-electron chi connectivity index (χ0n) is 18.2. The molecule has 2 aromatic carbocycles. The summed E-state index contributed by atoms with van der Waals surface area (Å²) in [6.45, 7) is 0. The van der Waals surface area contributed by atoms with Crippen LogP contribution in [0.3, 0.4) is 0 Å². The fourth-order valence-corrected chi connectivity index (χ4v) is 8.35. The largest absolute Gasteiger partial charge is 0.289 e. The number of thiocarbonyl (C=S) groups is 1. The van der Waals surface area contributed by atoms with E-state index < -0.39 is 0 Å². The molecule has 1 saturated heterocycles. The van der Waals surface area contributed by atoms with Crippen molar-refractivity contribution in [1.82, 2.24) is 4.90 Å². The van der Waals surface area contributed by atoms with Gasteiger partial charge in [-0.2, -0.15) is 0 Å². The third-order valence-corrected chi connectivity index (χ3v) is 10.1. The summed E-state index contributed by atoms with van der Waals surface area (Å²) in [4.78, 5) is 18.3. The Hall–Kier alpha value is -1.63. The molecule has 6 rings (SSSR count). The second-order valence-corrected chi connectivity index (χ2v) is 12.8. The number of amides is 1. The highest BCUT2D eigenvalue weighted by Crippen LogP contribution is 2.50. The highest BCUT2D eigenvalue weighted by Gasteiger charge is 2.48. The Labute approximate surface area is 223 Å². The molecule has 0 N–H and O–H groups in total. The lowest BCUT2D eigenvalue weighted by Gasteiger charge is -2.30. The average Bonchev–Trinajstić information content (AvgIpc) is 3.60. The first-order valence-corrected chi connectivity index (χ1v) is 14.2. The Morgan fingerprint density at radius 2 is 1.62 bits per heavy atom. The minimum atomic E-state index is 0.0658. The topological polar surface area (TPSA) is 20.3 Å². The zero-order valence-corrected chi connectivity index (χ0v) is 22.1. The second-order valence-electron chi connectivity index (χ2n) is 9.20. The Morgan fingerprint density at radius 1 is 0.941 bits per heavy atom. The van der Waals surface area contributed by atoms with E-state index in [4.69, 9.17) is 35.4 Å². The molecule has 1 amide bonds.